The molecule has 1 heterocycles. The van der Waals surface area contributed by atoms with Gasteiger partial charge in [-0.25, -0.2) is 13.6 Å². The Morgan fingerprint density at radius 2 is 2.04 bits per heavy atom. The quantitative estimate of drug-likeness (QED) is 0.787. The van der Waals surface area contributed by atoms with Gasteiger partial charge in [-0.2, -0.15) is 11.8 Å². The third-order valence-corrected chi connectivity index (χ3v) is 5.06. The molecule has 0 amide bonds. The number of carbonyl (C=O) groups is 1. The number of anilines is 1. The third kappa shape index (κ3) is 3.83. The summed E-state index contributed by atoms with van der Waals surface area (Å²) in [5, 5.41) is 11.8. The normalized spacial score (nSPS) is 16.0. The van der Waals surface area contributed by atoms with Crippen LogP contribution in [-0.4, -0.2) is 36.2 Å². The predicted octanol–water partition coefficient (Wildman–Crippen LogP) is 4.18. The molecular formula is C19H17F2NO3S. The second-order valence-electron chi connectivity index (χ2n) is 5.68. The Morgan fingerprint density at radius 1 is 1.27 bits per heavy atom. The largest absolute Gasteiger partial charge is 0.497 e. The van der Waals surface area contributed by atoms with Crippen LogP contribution in [0, 0.1) is 11.6 Å². The van der Waals surface area contributed by atoms with Crippen LogP contribution in [0.4, 0.5) is 14.5 Å². The van der Waals surface area contributed by atoms with Crippen molar-refractivity contribution in [1.29, 1.82) is 0 Å². The molecule has 2 aromatic carbocycles. The second-order valence-corrected chi connectivity index (χ2v) is 6.66. The second kappa shape index (κ2) is 7.78. The number of methoxy groups -OCH3 is 1. The van der Waals surface area contributed by atoms with Gasteiger partial charge in [0.25, 0.3) is 0 Å². The van der Waals surface area contributed by atoms with E-state index in [4.69, 9.17) is 14.0 Å². The maximum atomic E-state index is 14.5. The van der Waals surface area contributed by atoms with Gasteiger partial charge in [-0.3, -0.25) is 0 Å². The molecule has 3 rings (SSSR count). The molecule has 26 heavy (non-hydrogen) atoms. The first-order valence-electron chi connectivity index (χ1n) is 9.18. The van der Waals surface area contributed by atoms with Crippen molar-refractivity contribution in [3.8, 4) is 16.9 Å². The Morgan fingerprint density at radius 3 is 2.73 bits per heavy atom. The molecule has 0 bridgehead atoms. The minimum absolute atomic E-state index is 0.0315. The molecule has 4 nitrogen and oxygen atoms in total. The fraction of sp³-hybridized carbons (Fsp3) is 0.211. The fourth-order valence-corrected chi connectivity index (χ4v) is 3.84. The Hall–Kier alpha value is -2.54. The van der Waals surface area contributed by atoms with E-state index in [2.05, 4.69) is 5.32 Å². The molecule has 0 radical (unpaired) electrons. The van der Waals surface area contributed by atoms with Crippen molar-refractivity contribution in [3.05, 3.63) is 59.2 Å². The standard InChI is InChI=1S/C19H17F2NO3S/c1-25-14-4-2-3-11(5-14)12-6-16(20)18(17(21)7-12)22-8-13-9-26-10-15(13)19(23)24/h2-7,22H,8-10H2,1H3,(H,23,24)/i1D3. The first kappa shape index (κ1) is 14.6. The first-order valence-corrected chi connectivity index (χ1v) is 8.84. The Kier molecular flexibility index (Phi) is 4.37. The number of aliphatic carboxylic acids is 1. The summed E-state index contributed by atoms with van der Waals surface area (Å²) in [6.45, 7) is 0.0315. The summed E-state index contributed by atoms with van der Waals surface area (Å²) in [6, 6.07) is 8.16. The molecular weight excluding hydrogens is 360 g/mol. The van der Waals surface area contributed by atoms with Crippen molar-refractivity contribution in [2.75, 3.05) is 30.4 Å². The van der Waals surface area contributed by atoms with Crippen LogP contribution < -0.4 is 10.1 Å². The molecule has 0 unspecified atom stereocenters. The van der Waals surface area contributed by atoms with E-state index in [1.165, 1.54) is 30.0 Å². The number of thioether (sulfide) groups is 1. The van der Waals surface area contributed by atoms with Crippen LogP contribution >= 0.6 is 11.8 Å². The summed E-state index contributed by atoms with van der Waals surface area (Å²) >= 11 is 1.43. The molecule has 0 atom stereocenters. The summed E-state index contributed by atoms with van der Waals surface area (Å²) in [4.78, 5) is 11.2. The smallest absolute Gasteiger partial charge is 0.332 e. The van der Waals surface area contributed by atoms with Crippen LogP contribution in [0.25, 0.3) is 11.1 Å². The molecule has 7 heteroatoms. The number of rotatable bonds is 6. The zero-order valence-electron chi connectivity index (χ0n) is 16.5. The van der Waals surface area contributed by atoms with E-state index in [0.717, 1.165) is 12.1 Å². The van der Waals surface area contributed by atoms with Crippen LogP contribution in [0.2, 0.25) is 0 Å². The van der Waals surface area contributed by atoms with Gasteiger partial charge in [-0.05, 0) is 41.0 Å². The zero-order valence-corrected chi connectivity index (χ0v) is 14.3. The van der Waals surface area contributed by atoms with Gasteiger partial charge < -0.3 is 15.2 Å². The van der Waals surface area contributed by atoms with Crippen LogP contribution in [0.15, 0.2) is 47.5 Å². The average Bonchev–Trinajstić information content (AvgIpc) is 3.08. The number of benzene rings is 2. The number of ether oxygens (including phenoxy) is 1. The van der Waals surface area contributed by atoms with Gasteiger partial charge in [0.05, 0.1) is 11.2 Å². The minimum Gasteiger partial charge on any atom is -0.497 e. The van der Waals surface area contributed by atoms with E-state index in [1.807, 2.05) is 0 Å². The average molecular weight is 380 g/mol. The highest BCUT2D eigenvalue weighted by molar-refractivity contribution is 8.00. The third-order valence-electron chi connectivity index (χ3n) is 4.01. The van der Waals surface area contributed by atoms with E-state index < -0.39 is 24.6 Å². The molecule has 2 N–H and O–H groups in total. The molecule has 0 saturated carbocycles. The minimum atomic E-state index is -2.63. The van der Waals surface area contributed by atoms with Gasteiger partial charge in [0.15, 0.2) is 0 Å². The summed E-state index contributed by atoms with van der Waals surface area (Å²) in [5.74, 6) is -1.80. The topological polar surface area (TPSA) is 58.6 Å². The highest BCUT2D eigenvalue weighted by Gasteiger charge is 2.21. The van der Waals surface area contributed by atoms with E-state index in [0.29, 0.717) is 22.6 Å². The van der Waals surface area contributed by atoms with E-state index in [9.17, 15) is 13.6 Å². The Bertz CT molecular complexity index is 956. The van der Waals surface area contributed by atoms with Gasteiger partial charge in [0, 0.05) is 23.6 Å². The molecule has 0 aromatic heterocycles. The lowest BCUT2D eigenvalue weighted by Crippen LogP contribution is -2.12. The fourth-order valence-electron chi connectivity index (χ4n) is 2.68. The zero-order chi connectivity index (χ0) is 21.2. The van der Waals surface area contributed by atoms with Gasteiger partial charge in [0.2, 0.25) is 0 Å². The van der Waals surface area contributed by atoms with Gasteiger partial charge >= 0.3 is 5.97 Å². The van der Waals surface area contributed by atoms with Crippen molar-refractivity contribution in [2.24, 2.45) is 0 Å². The van der Waals surface area contributed by atoms with Crippen molar-refractivity contribution in [2.45, 2.75) is 0 Å². The first-order chi connectivity index (χ1) is 13.6. The summed E-state index contributed by atoms with van der Waals surface area (Å²) in [6.07, 6.45) is 0. The predicted molar refractivity (Wildman–Crippen MR) is 98.8 cm³/mol. The number of nitrogens with one attached hydrogen (secondary N) is 1. The van der Waals surface area contributed by atoms with Crippen LogP contribution in [-0.2, 0) is 4.79 Å². The number of carboxylic acid groups (broad SMARTS) is 1. The number of halogens is 2. The van der Waals surface area contributed by atoms with Gasteiger partial charge in [-0.15, -0.1) is 0 Å². The van der Waals surface area contributed by atoms with Gasteiger partial charge in [-0.1, -0.05) is 12.1 Å². The Labute approximate surface area is 158 Å². The molecule has 0 saturated heterocycles. The van der Waals surface area contributed by atoms with Crippen LogP contribution in [0.1, 0.15) is 4.11 Å². The molecule has 0 spiro atoms. The number of carboxylic acids is 1. The highest BCUT2D eigenvalue weighted by atomic mass is 32.2. The van der Waals surface area contributed by atoms with E-state index >= 15 is 0 Å². The summed E-state index contributed by atoms with van der Waals surface area (Å²) in [7, 11) is -2.63. The summed E-state index contributed by atoms with van der Waals surface area (Å²) < 4.78 is 55.3. The monoisotopic (exact) mass is 380 g/mol. The molecule has 2 aromatic rings. The number of hydrogen-bond donors (Lipinski definition) is 2. The van der Waals surface area contributed by atoms with Crippen molar-refractivity contribution in [1.82, 2.24) is 0 Å². The SMILES string of the molecule is [2H]C([2H])([2H])Oc1cccc(-c2cc(F)c(NCC3=C(C(=O)O)CSC3)c(F)c2)c1. The number of hydrogen-bond acceptors (Lipinski definition) is 4. The van der Waals surface area contributed by atoms with Gasteiger partial charge in [0.1, 0.15) is 23.1 Å². The van der Waals surface area contributed by atoms with E-state index in [1.54, 1.807) is 6.07 Å². The lowest BCUT2D eigenvalue weighted by atomic mass is 10.0. The lowest BCUT2D eigenvalue weighted by molar-refractivity contribution is -0.132. The molecule has 0 aliphatic carbocycles. The molecule has 0 fully saturated rings. The maximum Gasteiger partial charge on any atom is 0.332 e. The maximum absolute atomic E-state index is 14.5. The molecule has 136 valence electrons. The van der Waals surface area contributed by atoms with Crippen LogP contribution in [0.5, 0.6) is 5.75 Å². The van der Waals surface area contributed by atoms with E-state index in [-0.39, 0.29) is 29.1 Å². The molecule has 1 aliphatic rings. The Balaban J connectivity index is 1.82. The van der Waals surface area contributed by atoms with Crippen LogP contribution in [0.3, 0.4) is 0 Å². The van der Waals surface area contributed by atoms with Crippen molar-refractivity contribution >= 4 is 23.4 Å². The lowest BCUT2D eigenvalue weighted by Gasteiger charge is -2.12. The highest BCUT2D eigenvalue weighted by Crippen LogP contribution is 2.30. The van der Waals surface area contributed by atoms with Crippen molar-refractivity contribution < 1.29 is 27.5 Å². The summed E-state index contributed by atoms with van der Waals surface area (Å²) in [5.41, 5.74) is 1.10. The van der Waals surface area contributed by atoms with Crippen molar-refractivity contribution in [3.63, 3.8) is 0 Å². The molecule has 1 aliphatic heterocycles.